The molecule has 0 radical (unpaired) electrons. The van der Waals surface area contributed by atoms with Crippen LogP contribution in [0.25, 0.3) is 0 Å². The Kier molecular flexibility index (Phi) is 3.82. The molecule has 0 bridgehead atoms. The van der Waals surface area contributed by atoms with E-state index in [-0.39, 0.29) is 11.8 Å². The summed E-state index contributed by atoms with van der Waals surface area (Å²) in [5.41, 5.74) is 0.782. The first-order chi connectivity index (χ1) is 7.70. The zero-order valence-electron chi connectivity index (χ0n) is 8.65. The van der Waals surface area contributed by atoms with Crippen molar-refractivity contribution < 1.29 is 4.79 Å². The summed E-state index contributed by atoms with van der Waals surface area (Å²) in [6.45, 7) is 1.42. The van der Waals surface area contributed by atoms with Gasteiger partial charge in [0, 0.05) is 24.4 Å². The number of nitriles is 1. The lowest BCUT2D eigenvalue weighted by Crippen LogP contribution is -2.38. The van der Waals surface area contributed by atoms with Crippen molar-refractivity contribution in [2.24, 2.45) is 5.92 Å². The summed E-state index contributed by atoms with van der Waals surface area (Å²) in [4.78, 5) is 13.9. The van der Waals surface area contributed by atoms with Crippen molar-refractivity contribution in [2.75, 3.05) is 13.1 Å². The minimum atomic E-state index is 0.107. The summed E-state index contributed by atoms with van der Waals surface area (Å²) in [6.07, 6.45) is 1.62. The molecule has 1 amide bonds. The Morgan fingerprint density at radius 2 is 2.25 bits per heavy atom. The molecule has 1 aromatic heterocycles. The molecule has 1 saturated heterocycles. The third-order valence-electron chi connectivity index (χ3n) is 2.78. The third kappa shape index (κ3) is 2.55. The van der Waals surface area contributed by atoms with Crippen LogP contribution in [0.3, 0.4) is 0 Å². The first-order valence-corrected chi connectivity index (χ1v) is 7.09. The lowest BCUT2D eigenvalue weighted by atomic mass is 9.98. The summed E-state index contributed by atoms with van der Waals surface area (Å²) < 4.78 is 1.13. The van der Waals surface area contributed by atoms with E-state index in [1.165, 1.54) is 0 Å². The summed E-state index contributed by atoms with van der Waals surface area (Å²) in [6, 6.07) is 4.19. The summed E-state index contributed by atoms with van der Waals surface area (Å²) >= 11 is 3.81. The number of halogens is 1. The van der Waals surface area contributed by atoms with Gasteiger partial charge in [-0.2, -0.15) is 5.26 Å². The molecular weight excluding hydrogens is 335 g/mol. The average Bonchev–Trinajstić information content (AvgIpc) is 2.75. The van der Waals surface area contributed by atoms with Crippen molar-refractivity contribution in [3.8, 4) is 6.07 Å². The Labute approximate surface area is 112 Å². The number of thiophene rings is 1. The van der Waals surface area contributed by atoms with Crippen molar-refractivity contribution >= 4 is 39.8 Å². The second kappa shape index (κ2) is 5.15. The Bertz CT molecular complexity index is 429. The van der Waals surface area contributed by atoms with Crippen LogP contribution in [-0.2, 0) is 0 Å². The minimum absolute atomic E-state index is 0.107. The number of piperidine rings is 1. The van der Waals surface area contributed by atoms with Gasteiger partial charge in [0.15, 0.2) is 0 Å². The van der Waals surface area contributed by atoms with Gasteiger partial charge in [0.25, 0.3) is 5.91 Å². The van der Waals surface area contributed by atoms with Crippen LogP contribution in [0.2, 0.25) is 0 Å². The fourth-order valence-corrected chi connectivity index (χ4v) is 3.14. The van der Waals surface area contributed by atoms with Crippen molar-refractivity contribution in [1.29, 1.82) is 5.26 Å². The lowest BCUT2D eigenvalue weighted by molar-refractivity contribution is 0.0708. The molecule has 2 heterocycles. The van der Waals surface area contributed by atoms with E-state index in [2.05, 4.69) is 28.7 Å². The fourth-order valence-electron chi connectivity index (χ4n) is 1.82. The molecule has 0 aliphatic carbocycles. The monoisotopic (exact) mass is 346 g/mol. The number of amides is 1. The van der Waals surface area contributed by atoms with Gasteiger partial charge in [0.05, 0.1) is 14.5 Å². The number of carbonyl (C=O) groups excluding carboxylic acids is 1. The standard InChI is InChI=1S/C11H11IN2OS/c12-10-5-9(7-16-10)11(15)14-3-1-8(6-13)2-4-14/h5,7-8H,1-4H2. The number of carbonyl (C=O) groups is 1. The van der Waals surface area contributed by atoms with Crippen LogP contribution >= 0.6 is 33.9 Å². The zero-order chi connectivity index (χ0) is 11.5. The topological polar surface area (TPSA) is 44.1 Å². The highest BCUT2D eigenvalue weighted by Gasteiger charge is 2.23. The van der Waals surface area contributed by atoms with E-state index in [4.69, 9.17) is 5.26 Å². The highest BCUT2D eigenvalue weighted by molar-refractivity contribution is 14.1. The van der Waals surface area contributed by atoms with Crippen molar-refractivity contribution in [3.05, 3.63) is 19.9 Å². The summed E-state index contributed by atoms with van der Waals surface area (Å²) in [7, 11) is 0. The fraction of sp³-hybridized carbons (Fsp3) is 0.455. The van der Waals surface area contributed by atoms with E-state index in [1.54, 1.807) is 11.3 Å². The molecule has 1 fully saturated rings. The predicted octanol–water partition coefficient (Wildman–Crippen LogP) is 2.73. The molecule has 0 saturated carbocycles. The number of hydrogen-bond acceptors (Lipinski definition) is 3. The average molecular weight is 346 g/mol. The first kappa shape index (κ1) is 11.9. The first-order valence-electron chi connectivity index (χ1n) is 5.13. The molecule has 1 aliphatic rings. The van der Waals surface area contributed by atoms with E-state index in [9.17, 15) is 4.79 Å². The SMILES string of the molecule is N#CC1CCN(C(=O)c2csc(I)c2)CC1. The van der Waals surface area contributed by atoms with Crippen molar-refractivity contribution in [3.63, 3.8) is 0 Å². The molecule has 5 heteroatoms. The van der Waals surface area contributed by atoms with E-state index in [0.717, 1.165) is 21.3 Å². The van der Waals surface area contributed by atoms with Crippen LogP contribution < -0.4 is 0 Å². The van der Waals surface area contributed by atoms with Crippen LogP contribution in [0.4, 0.5) is 0 Å². The molecule has 0 atom stereocenters. The van der Waals surface area contributed by atoms with Gasteiger partial charge >= 0.3 is 0 Å². The van der Waals surface area contributed by atoms with Crippen LogP contribution in [0.5, 0.6) is 0 Å². The maximum atomic E-state index is 12.1. The van der Waals surface area contributed by atoms with Crippen LogP contribution in [0.15, 0.2) is 11.4 Å². The molecule has 2 rings (SSSR count). The van der Waals surface area contributed by atoms with Gasteiger partial charge in [-0.3, -0.25) is 4.79 Å². The smallest absolute Gasteiger partial charge is 0.254 e. The van der Waals surface area contributed by atoms with Crippen LogP contribution in [0, 0.1) is 20.1 Å². The van der Waals surface area contributed by atoms with Gasteiger partial charge in [0.2, 0.25) is 0 Å². The maximum absolute atomic E-state index is 12.1. The van der Waals surface area contributed by atoms with Gasteiger partial charge in [-0.15, -0.1) is 11.3 Å². The highest BCUT2D eigenvalue weighted by Crippen LogP contribution is 2.21. The Balaban J connectivity index is 2.00. The number of rotatable bonds is 1. The lowest BCUT2D eigenvalue weighted by Gasteiger charge is -2.28. The number of hydrogen-bond donors (Lipinski definition) is 0. The summed E-state index contributed by atoms with van der Waals surface area (Å²) in [5.74, 6) is 0.238. The molecule has 84 valence electrons. The second-order valence-electron chi connectivity index (χ2n) is 3.84. The van der Waals surface area contributed by atoms with Gasteiger partial charge in [-0.1, -0.05) is 0 Å². The zero-order valence-corrected chi connectivity index (χ0v) is 11.6. The molecule has 1 aliphatic heterocycles. The molecule has 0 aromatic carbocycles. The van der Waals surface area contributed by atoms with E-state index in [1.807, 2.05) is 16.3 Å². The normalized spacial score (nSPS) is 17.1. The van der Waals surface area contributed by atoms with E-state index in [0.29, 0.717) is 13.1 Å². The van der Waals surface area contributed by atoms with Crippen molar-refractivity contribution in [2.45, 2.75) is 12.8 Å². The van der Waals surface area contributed by atoms with Crippen LogP contribution in [-0.4, -0.2) is 23.9 Å². The molecule has 0 unspecified atom stereocenters. The van der Waals surface area contributed by atoms with Gasteiger partial charge < -0.3 is 4.90 Å². The molecule has 0 N–H and O–H groups in total. The van der Waals surface area contributed by atoms with Gasteiger partial charge in [-0.25, -0.2) is 0 Å². The Morgan fingerprint density at radius 3 is 2.75 bits per heavy atom. The highest BCUT2D eigenvalue weighted by atomic mass is 127. The Morgan fingerprint density at radius 1 is 1.56 bits per heavy atom. The van der Waals surface area contributed by atoms with Crippen LogP contribution in [0.1, 0.15) is 23.2 Å². The van der Waals surface area contributed by atoms with E-state index >= 15 is 0 Å². The molecular formula is C11H11IN2OS. The Hall–Kier alpha value is -0.610. The van der Waals surface area contributed by atoms with E-state index < -0.39 is 0 Å². The van der Waals surface area contributed by atoms with Gasteiger partial charge in [0.1, 0.15) is 0 Å². The molecule has 1 aromatic rings. The van der Waals surface area contributed by atoms with Gasteiger partial charge in [-0.05, 0) is 41.5 Å². The molecule has 3 nitrogen and oxygen atoms in total. The number of likely N-dealkylation sites (tertiary alicyclic amines) is 1. The molecule has 16 heavy (non-hydrogen) atoms. The quantitative estimate of drug-likeness (QED) is 0.734. The minimum Gasteiger partial charge on any atom is -0.339 e. The molecule has 0 spiro atoms. The van der Waals surface area contributed by atoms with Crippen molar-refractivity contribution in [1.82, 2.24) is 4.90 Å². The summed E-state index contributed by atoms with van der Waals surface area (Å²) in [5, 5.41) is 10.7. The maximum Gasteiger partial charge on any atom is 0.254 e. The predicted molar refractivity (Wildman–Crippen MR) is 71.3 cm³/mol. The second-order valence-corrected chi connectivity index (χ2v) is 6.64. The third-order valence-corrected chi connectivity index (χ3v) is 4.57. The number of nitrogens with zero attached hydrogens (tertiary/aromatic N) is 2. The largest absolute Gasteiger partial charge is 0.339 e.